The van der Waals surface area contributed by atoms with Gasteiger partial charge in [0.05, 0.1) is 4.92 Å². The number of non-ortho nitro benzene ring substituents is 1. The van der Waals surface area contributed by atoms with Crippen LogP contribution in [-0.2, 0) is 12.8 Å². The average Bonchev–Trinajstić information content (AvgIpc) is 2.97. The van der Waals surface area contributed by atoms with Crippen molar-refractivity contribution >= 4 is 11.6 Å². The zero-order chi connectivity index (χ0) is 19.6. The number of nitro groups is 1. The smallest absolute Gasteiger partial charge is 0.269 e. The summed E-state index contributed by atoms with van der Waals surface area (Å²) in [4.78, 5) is 10.4. The van der Waals surface area contributed by atoms with Gasteiger partial charge in [0.1, 0.15) is 5.69 Å². The lowest BCUT2D eigenvalue weighted by Crippen LogP contribution is -2.21. The summed E-state index contributed by atoms with van der Waals surface area (Å²) >= 11 is 0. The maximum absolute atomic E-state index is 10.9. The van der Waals surface area contributed by atoms with Gasteiger partial charge in [0.2, 0.25) is 11.8 Å². The third-order valence-corrected chi connectivity index (χ3v) is 4.28. The number of nitrogen functional groups attached to an aromatic ring is 1. The molecule has 0 unspecified atom stereocenters. The van der Waals surface area contributed by atoms with Crippen LogP contribution in [0, 0.1) is 22.4 Å². The molecule has 0 saturated heterocycles. The Labute approximate surface area is 155 Å². The fourth-order valence-electron chi connectivity index (χ4n) is 2.95. The van der Waals surface area contributed by atoms with Crippen LogP contribution in [0.5, 0.6) is 5.88 Å². The van der Waals surface area contributed by atoms with Gasteiger partial charge in [-0.25, -0.2) is 0 Å². The number of nitrogens with one attached hydrogen (secondary N) is 1. The first-order chi connectivity index (χ1) is 12.9. The summed E-state index contributed by atoms with van der Waals surface area (Å²) in [6, 6.07) is 14.0. The van der Waals surface area contributed by atoms with Crippen LogP contribution in [0.2, 0.25) is 0 Å². The van der Waals surface area contributed by atoms with Crippen molar-refractivity contribution in [2.75, 3.05) is 0 Å². The van der Waals surface area contributed by atoms with Crippen LogP contribution in [0.4, 0.5) is 5.69 Å². The fourth-order valence-corrected chi connectivity index (χ4v) is 2.95. The van der Waals surface area contributed by atoms with E-state index in [9.17, 15) is 15.2 Å². The Bertz CT molecular complexity index is 1010. The summed E-state index contributed by atoms with van der Waals surface area (Å²) in [5.41, 5.74) is 9.32. The molecular weight excluding hydrogens is 346 g/mol. The monoisotopic (exact) mass is 365 g/mol. The van der Waals surface area contributed by atoms with E-state index in [-0.39, 0.29) is 11.6 Å². The fraction of sp³-hybridized carbons (Fsp3) is 0.158. The van der Waals surface area contributed by atoms with Crippen molar-refractivity contribution in [3.63, 3.8) is 0 Å². The molecule has 0 amide bonds. The van der Waals surface area contributed by atoms with Gasteiger partial charge in [0.15, 0.2) is 0 Å². The minimum atomic E-state index is -0.478. The van der Waals surface area contributed by atoms with Crippen LogP contribution in [0.15, 0.2) is 48.5 Å². The molecule has 0 fully saturated rings. The van der Waals surface area contributed by atoms with E-state index in [1.165, 1.54) is 12.1 Å². The molecule has 2 aromatic carbocycles. The topological polar surface area (TPSA) is 131 Å². The maximum Gasteiger partial charge on any atom is 0.269 e. The predicted octanol–water partition coefficient (Wildman–Crippen LogP) is 3.00. The molecule has 0 radical (unpaired) electrons. The largest absolute Gasteiger partial charge is 0.493 e. The first-order valence-electron chi connectivity index (χ1n) is 8.32. The van der Waals surface area contributed by atoms with E-state index < -0.39 is 10.9 Å². The van der Waals surface area contributed by atoms with Crippen molar-refractivity contribution in [3.05, 3.63) is 75.3 Å². The van der Waals surface area contributed by atoms with E-state index in [0.29, 0.717) is 29.7 Å². The molecule has 0 aliphatic carbocycles. The molecule has 0 bridgehead atoms. The number of aromatic hydroxyl groups is 1. The number of nitrogens with zero attached hydrogens (tertiary/aromatic N) is 3. The van der Waals surface area contributed by atoms with Crippen LogP contribution >= 0.6 is 0 Å². The molecule has 0 saturated carbocycles. The maximum atomic E-state index is 10.9. The molecule has 0 aliphatic rings. The Balaban J connectivity index is 1.98. The Morgan fingerprint density at radius 2 is 1.96 bits per heavy atom. The summed E-state index contributed by atoms with van der Waals surface area (Å²) in [5.74, 6) is -0.596. The van der Waals surface area contributed by atoms with Gasteiger partial charge in [-0.05, 0) is 37.5 Å². The molecule has 0 spiro atoms. The van der Waals surface area contributed by atoms with Crippen molar-refractivity contribution in [1.29, 1.82) is 5.41 Å². The minimum absolute atomic E-state index is 0.0321. The van der Waals surface area contributed by atoms with Crippen molar-refractivity contribution in [2.45, 2.75) is 19.8 Å². The van der Waals surface area contributed by atoms with Crippen molar-refractivity contribution < 1.29 is 10.0 Å². The van der Waals surface area contributed by atoms with E-state index in [2.05, 4.69) is 11.2 Å². The molecule has 8 heteroatoms. The highest BCUT2D eigenvalue weighted by Gasteiger charge is 2.20. The van der Waals surface area contributed by atoms with Gasteiger partial charge in [-0.2, -0.15) is 9.78 Å². The van der Waals surface area contributed by atoms with E-state index >= 15 is 0 Å². The summed E-state index contributed by atoms with van der Waals surface area (Å²) in [6.07, 6.45) is 1.15. The number of rotatable bonds is 5. The molecule has 3 rings (SSSR count). The van der Waals surface area contributed by atoms with Gasteiger partial charge >= 0.3 is 0 Å². The summed E-state index contributed by atoms with van der Waals surface area (Å²) in [6.45, 7) is 2.01. The van der Waals surface area contributed by atoms with Gasteiger partial charge in [-0.3, -0.25) is 15.5 Å². The van der Waals surface area contributed by atoms with Gasteiger partial charge in [-0.15, -0.1) is 0 Å². The summed E-state index contributed by atoms with van der Waals surface area (Å²) in [5, 5.41) is 33.2. The predicted molar refractivity (Wildman–Crippen MR) is 102 cm³/mol. The second kappa shape index (κ2) is 7.28. The number of aromatic nitrogens is 2. The van der Waals surface area contributed by atoms with Crippen LogP contribution in [0.3, 0.4) is 0 Å². The molecule has 4 N–H and O–H groups in total. The van der Waals surface area contributed by atoms with Crippen molar-refractivity contribution in [2.24, 2.45) is 5.73 Å². The number of benzene rings is 2. The Morgan fingerprint density at radius 1 is 1.26 bits per heavy atom. The molecule has 27 heavy (non-hydrogen) atoms. The first kappa shape index (κ1) is 18.1. The molecule has 3 aromatic rings. The standard InChI is InChI=1S/C19H19N5O3/c1-12-3-2-4-13(11-12)5-10-16-17(22-23(18(16)25)19(20)21)14-6-8-15(9-7-14)24(26)27/h2-4,6-9,11,25H,5,10H2,1H3,(H3,20,21). The Hall–Kier alpha value is -3.68. The lowest BCUT2D eigenvalue weighted by atomic mass is 10.00. The Kier molecular flexibility index (Phi) is 4.89. The normalized spacial score (nSPS) is 10.7. The minimum Gasteiger partial charge on any atom is -0.493 e. The zero-order valence-corrected chi connectivity index (χ0v) is 14.7. The molecule has 1 heterocycles. The molecule has 0 aliphatic heterocycles. The van der Waals surface area contributed by atoms with Crippen molar-refractivity contribution in [3.8, 4) is 17.1 Å². The van der Waals surface area contributed by atoms with Gasteiger partial charge in [-0.1, -0.05) is 29.8 Å². The van der Waals surface area contributed by atoms with E-state index in [1.807, 2.05) is 25.1 Å². The molecular formula is C19H19N5O3. The van der Waals surface area contributed by atoms with Crippen LogP contribution in [0.25, 0.3) is 11.3 Å². The van der Waals surface area contributed by atoms with Crippen LogP contribution in [0.1, 0.15) is 16.7 Å². The van der Waals surface area contributed by atoms with Gasteiger partial charge in [0.25, 0.3) is 5.69 Å². The quantitative estimate of drug-likeness (QED) is 0.277. The SMILES string of the molecule is Cc1cccc(CCc2c(-c3ccc([N+](=O)[O-])cc3)nn(C(=N)N)c2O)c1. The second-order valence-electron chi connectivity index (χ2n) is 6.24. The summed E-state index contributed by atoms with van der Waals surface area (Å²) < 4.78 is 0.961. The molecule has 0 atom stereocenters. The number of hydrogen-bond donors (Lipinski definition) is 3. The molecule has 8 nitrogen and oxygen atoms in total. The van der Waals surface area contributed by atoms with E-state index in [4.69, 9.17) is 11.1 Å². The summed E-state index contributed by atoms with van der Waals surface area (Å²) in [7, 11) is 0. The van der Waals surface area contributed by atoms with Crippen molar-refractivity contribution in [1.82, 2.24) is 9.78 Å². The van der Waals surface area contributed by atoms with Gasteiger partial charge < -0.3 is 10.8 Å². The number of aryl methyl sites for hydroxylation is 2. The average molecular weight is 365 g/mol. The lowest BCUT2D eigenvalue weighted by Gasteiger charge is -2.05. The number of nitro benzene ring substituents is 1. The zero-order valence-electron chi connectivity index (χ0n) is 14.7. The van der Waals surface area contributed by atoms with E-state index in [0.717, 1.165) is 15.8 Å². The lowest BCUT2D eigenvalue weighted by molar-refractivity contribution is -0.384. The Morgan fingerprint density at radius 3 is 2.56 bits per heavy atom. The third kappa shape index (κ3) is 3.79. The molecule has 1 aromatic heterocycles. The highest BCUT2D eigenvalue weighted by atomic mass is 16.6. The second-order valence-corrected chi connectivity index (χ2v) is 6.24. The highest BCUT2D eigenvalue weighted by molar-refractivity contribution is 5.80. The number of hydrogen-bond acceptors (Lipinski definition) is 5. The van der Waals surface area contributed by atoms with Gasteiger partial charge in [0, 0.05) is 23.3 Å². The molecule has 138 valence electrons. The highest BCUT2D eigenvalue weighted by Crippen LogP contribution is 2.31. The van der Waals surface area contributed by atoms with Crippen LogP contribution < -0.4 is 5.73 Å². The third-order valence-electron chi connectivity index (χ3n) is 4.28. The van der Waals surface area contributed by atoms with E-state index in [1.54, 1.807) is 12.1 Å². The first-order valence-corrected chi connectivity index (χ1v) is 8.32. The number of nitrogens with two attached hydrogens (primary N) is 1. The van der Waals surface area contributed by atoms with Crippen LogP contribution in [-0.4, -0.2) is 25.8 Å².